The van der Waals surface area contributed by atoms with Gasteiger partial charge >= 0.3 is 0 Å². The number of methoxy groups -OCH3 is 1. The number of anilines is 1. The Labute approximate surface area is 177 Å². The van der Waals surface area contributed by atoms with E-state index in [1.165, 1.54) is 24.3 Å². The van der Waals surface area contributed by atoms with Crippen molar-refractivity contribution >= 4 is 33.6 Å². The van der Waals surface area contributed by atoms with E-state index < -0.39 is 5.82 Å². The second-order valence-corrected chi connectivity index (χ2v) is 7.00. The van der Waals surface area contributed by atoms with Crippen LogP contribution in [0.2, 0.25) is 0 Å². The molecule has 3 rings (SSSR count). The van der Waals surface area contributed by atoms with Gasteiger partial charge in [0.05, 0.1) is 11.6 Å². The summed E-state index contributed by atoms with van der Waals surface area (Å²) in [6.45, 7) is 0.404. The van der Waals surface area contributed by atoms with Crippen molar-refractivity contribution in [1.29, 1.82) is 0 Å². The van der Waals surface area contributed by atoms with Crippen LogP contribution in [0.25, 0.3) is 6.08 Å². The molecule has 4 nitrogen and oxygen atoms in total. The summed E-state index contributed by atoms with van der Waals surface area (Å²) in [4.78, 5) is 12.1. The number of amides is 1. The van der Waals surface area contributed by atoms with Gasteiger partial charge in [-0.3, -0.25) is 4.79 Å². The zero-order valence-electron chi connectivity index (χ0n) is 15.7. The van der Waals surface area contributed by atoms with Crippen LogP contribution in [0, 0.1) is 5.82 Å². The van der Waals surface area contributed by atoms with Crippen molar-refractivity contribution in [3.8, 4) is 11.5 Å². The third-order valence-corrected chi connectivity index (χ3v) is 4.59. The minimum absolute atomic E-state index is 0.366. The van der Waals surface area contributed by atoms with E-state index >= 15 is 0 Å². The first kappa shape index (κ1) is 20.6. The lowest BCUT2D eigenvalue weighted by atomic mass is 10.2. The Hall–Kier alpha value is -3.12. The van der Waals surface area contributed by atoms with Gasteiger partial charge in [0.25, 0.3) is 0 Å². The quantitative estimate of drug-likeness (QED) is 0.456. The fraction of sp³-hybridized carbons (Fsp3) is 0.0870. The van der Waals surface area contributed by atoms with E-state index in [0.717, 1.165) is 11.1 Å². The summed E-state index contributed by atoms with van der Waals surface area (Å²) in [5.74, 6) is 0.347. The molecule has 0 saturated carbocycles. The van der Waals surface area contributed by atoms with Crippen molar-refractivity contribution in [1.82, 2.24) is 0 Å². The van der Waals surface area contributed by atoms with E-state index in [1.807, 2.05) is 36.4 Å². The van der Waals surface area contributed by atoms with E-state index in [9.17, 15) is 9.18 Å². The molecule has 6 heteroatoms. The number of benzene rings is 3. The third kappa shape index (κ3) is 5.93. The first-order chi connectivity index (χ1) is 14.0. The molecule has 0 bridgehead atoms. The smallest absolute Gasteiger partial charge is 0.248 e. The lowest BCUT2D eigenvalue weighted by Gasteiger charge is -2.13. The van der Waals surface area contributed by atoms with Crippen LogP contribution in [-0.4, -0.2) is 13.0 Å². The van der Waals surface area contributed by atoms with Crippen LogP contribution in [0.15, 0.2) is 77.3 Å². The summed E-state index contributed by atoms with van der Waals surface area (Å²) in [7, 11) is 1.56. The summed E-state index contributed by atoms with van der Waals surface area (Å²) >= 11 is 3.50. The Balaban J connectivity index is 1.70. The van der Waals surface area contributed by atoms with Crippen LogP contribution < -0.4 is 14.8 Å². The molecular weight excluding hydrogens is 437 g/mol. The fourth-order valence-electron chi connectivity index (χ4n) is 2.63. The summed E-state index contributed by atoms with van der Waals surface area (Å²) in [6.07, 6.45) is 3.01. The summed E-state index contributed by atoms with van der Waals surface area (Å²) in [6, 6.07) is 19.1. The van der Waals surface area contributed by atoms with Crippen LogP contribution in [0.1, 0.15) is 11.1 Å². The Kier molecular flexibility index (Phi) is 7.03. The van der Waals surface area contributed by atoms with E-state index in [4.69, 9.17) is 9.47 Å². The Bertz CT molecular complexity index is 1020. The van der Waals surface area contributed by atoms with Gasteiger partial charge in [0, 0.05) is 11.8 Å². The van der Waals surface area contributed by atoms with Gasteiger partial charge in [-0.1, -0.05) is 36.4 Å². The van der Waals surface area contributed by atoms with Gasteiger partial charge in [0.2, 0.25) is 5.91 Å². The normalized spacial score (nSPS) is 10.7. The maximum absolute atomic E-state index is 13.2. The van der Waals surface area contributed by atoms with Crippen molar-refractivity contribution in [3.63, 3.8) is 0 Å². The van der Waals surface area contributed by atoms with Crippen LogP contribution in [0.5, 0.6) is 11.5 Å². The molecule has 0 saturated heterocycles. The molecule has 0 heterocycles. The highest BCUT2D eigenvalue weighted by Gasteiger charge is 2.11. The SMILES string of the molecule is COc1cc(/C=C/C(=O)Nc2cccc(F)c2)cc(Br)c1OCc1ccccc1. The average Bonchev–Trinajstić information content (AvgIpc) is 2.72. The number of halogens is 2. The highest BCUT2D eigenvalue weighted by molar-refractivity contribution is 9.10. The lowest BCUT2D eigenvalue weighted by Crippen LogP contribution is -2.07. The van der Waals surface area contributed by atoms with Crippen molar-refractivity contribution in [3.05, 3.63) is 94.2 Å². The molecule has 0 aliphatic carbocycles. The Morgan fingerprint density at radius 2 is 1.90 bits per heavy atom. The van der Waals surface area contributed by atoms with Crippen molar-refractivity contribution in [2.75, 3.05) is 12.4 Å². The third-order valence-electron chi connectivity index (χ3n) is 4.00. The van der Waals surface area contributed by atoms with Gasteiger partial charge in [-0.05, 0) is 63.5 Å². The zero-order valence-corrected chi connectivity index (χ0v) is 17.3. The molecule has 1 amide bonds. The van der Waals surface area contributed by atoms with Gasteiger partial charge < -0.3 is 14.8 Å². The van der Waals surface area contributed by atoms with Gasteiger partial charge in [-0.15, -0.1) is 0 Å². The van der Waals surface area contributed by atoms with Crippen molar-refractivity contribution in [2.24, 2.45) is 0 Å². The molecule has 3 aromatic rings. The van der Waals surface area contributed by atoms with Gasteiger partial charge in [0.15, 0.2) is 11.5 Å². The average molecular weight is 456 g/mol. The lowest BCUT2D eigenvalue weighted by molar-refractivity contribution is -0.111. The number of hydrogen-bond acceptors (Lipinski definition) is 3. The second kappa shape index (κ2) is 9.89. The monoisotopic (exact) mass is 455 g/mol. The van der Waals surface area contributed by atoms with Crippen LogP contribution in [0.3, 0.4) is 0 Å². The predicted octanol–water partition coefficient (Wildman–Crippen LogP) is 5.83. The number of nitrogens with one attached hydrogen (secondary N) is 1. The maximum atomic E-state index is 13.2. The molecular formula is C23H19BrFNO3. The molecule has 0 spiro atoms. The predicted molar refractivity (Wildman–Crippen MR) is 116 cm³/mol. The fourth-order valence-corrected chi connectivity index (χ4v) is 3.20. The second-order valence-electron chi connectivity index (χ2n) is 6.14. The first-order valence-corrected chi connectivity index (χ1v) is 9.63. The standard InChI is InChI=1S/C23H19BrFNO3/c1-28-21-13-17(10-11-22(27)26-19-9-5-8-18(25)14-19)12-20(24)23(21)29-15-16-6-3-2-4-7-16/h2-14H,15H2,1H3,(H,26,27)/b11-10+. The highest BCUT2D eigenvalue weighted by atomic mass is 79.9. The summed E-state index contributed by atoms with van der Waals surface area (Å²) in [5, 5.41) is 2.61. The number of ether oxygens (including phenoxy) is 2. The van der Waals surface area contributed by atoms with Gasteiger partial charge in [-0.25, -0.2) is 4.39 Å². The molecule has 0 aromatic heterocycles. The number of rotatable bonds is 7. The first-order valence-electron chi connectivity index (χ1n) is 8.84. The molecule has 0 aliphatic rings. The molecule has 148 valence electrons. The Morgan fingerprint density at radius 3 is 2.62 bits per heavy atom. The van der Waals surface area contributed by atoms with E-state index in [0.29, 0.717) is 28.3 Å². The maximum Gasteiger partial charge on any atom is 0.248 e. The Morgan fingerprint density at radius 1 is 1.10 bits per heavy atom. The van der Waals surface area contributed by atoms with Gasteiger partial charge in [0.1, 0.15) is 12.4 Å². The largest absolute Gasteiger partial charge is 0.493 e. The molecule has 0 fully saturated rings. The van der Waals surface area contributed by atoms with Crippen LogP contribution in [-0.2, 0) is 11.4 Å². The molecule has 3 aromatic carbocycles. The molecule has 0 atom stereocenters. The highest BCUT2D eigenvalue weighted by Crippen LogP contribution is 2.37. The zero-order chi connectivity index (χ0) is 20.6. The van der Waals surface area contributed by atoms with E-state index in [-0.39, 0.29) is 5.91 Å². The molecule has 0 aliphatic heterocycles. The van der Waals surface area contributed by atoms with Gasteiger partial charge in [-0.2, -0.15) is 0 Å². The summed E-state index contributed by atoms with van der Waals surface area (Å²) in [5.41, 5.74) is 2.18. The minimum atomic E-state index is -0.411. The number of carbonyl (C=O) groups is 1. The number of carbonyl (C=O) groups excluding carboxylic acids is 1. The van der Waals surface area contributed by atoms with E-state index in [1.54, 1.807) is 25.3 Å². The van der Waals surface area contributed by atoms with E-state index in [2.05, 4.69) is 21.2 Å². The van der Waals surface area contributed by atoms with Crippen LogP contribution >= 0.6 is 15.9 Å². The molecule has 1 N–H and O–H groups in total. The molecule has 0 unspecified atom stereocenters. The molecule has 29 heavy (non-hydrogen) atoms. The summed E-state index contributed by atoms with van der Waals surface area (Å²) < 4.78 is 25.3. The minimum Gasteiger partial charge on any atom is -0.493 e. The van der Waals surface area contributed by atoms with Crippen molar-refractivity contribution < 1.29 is 18.7 Å². The van der Waals surface area contributed by atoms with Crippen LogP contribution in [0.4, 0.5) is 10.1 Å². The topological polar surface area (TPSA) is 47.6 Å². The molecule has 0 radical (unpaired) electrons. The van der Waals surface area contributed by atoms with Crippen molar-refractivity contribution in [2.45, 2.75) is 6.61 Å². The number of hydrogen-bond donors (Lipinski definition) is 1.